The monoisotopic (exact) mass is 1000 g/mol. The van der Waals surface area contributed by atoms with Crippen molar-refractivity contribution in [3.8, 4) is 17.2 Å². The van der Waals surface area contributed by atoms with Crippen LogP contribution in [0.1, 0.15) is 119 Å². The first-order chi connectivity index (χ1) is 33.9. The van der Waals surface area contributed by atoms with Crippen LogP contribution in [-0.2, 0) is 60.7 Å². The van der Waals surface area contributed by atoms with Crippen molar-refractivity contribution < 1.29 is 57.7 Å². The SMILES string of the molecule is CCC(=O)N[C@@H](CC(C)C)C(=O)N[C@H](C)C(=O)N[C@@H]1Cc2ccc(cc2)Oc2cc(ccc2O)C[C@@H]2NC(=O)[C@H]([C@@H](C)CC)NC(=O)[C@H](CC(C)C)NC(=O)[C@@H](CC(C)C)NC(=O)[C@@H](NC1=O)[C@@H](C)OC2=O. The molecule has 0 aromatic heterocycles. The Bertz CT molecular complexity index is 2270. The number of amides is 8. The summed E-state index contributed by atoms with van der Waals surface area (Å²) in [7, 11) is 0. The Kier molecular flexibility index (Phi) is 21.4. The summed E-state index contributed by atoms with van der Waals surface area (Å²) in [5.74, 6) is -7.51. The van der Waals surface area contributed by atoms with Crippen molar-refractivity contribution in [2.45, 2.75) is 176 Å². The second kappa shape index (κ2) is 26.6. The molecular formula is C52H76N8O12. The predicted molar refractivity (Wildman–Crippen MR) is 267 cm³/mol. The Labute approximate surface area is 422 Å². The molecule has 2 aromatic rings. The molecule has 396 valence electrons. The molecule has 0 aliphatic carbocycles. The summed E-state index contributed by atoms with van der Waals surface area (Å²) < 4.78 is 12.0. The summed E-state index contributed by atoms with van der Waals surface area (Å²) in [6, 6.07) is 0.305. The second-order valence-corrected chi connectivity index (χ2v) is 20.3. The molecule has 0 unspecified atom stereocenters. The van der Waals surface area contributed by atoms with E-state index in [9.17, 15) is 48.3 Å². The van der Waals surface area contributed by atoms with Crippen LogP contribution in [0.15, 0.2) is 42.5 Å². The smallest absolute Gasteiger partial charge is 0.329 e. The van der Waals surface area contributed by atoms with Crippen molar-refractivity contribution in [2.75, 3.05) is 0 Å². The number of nitrogens with one attached hydrogen (secondary N) is 8. The van der Waals surface area contributed by atoms with Crippen LogP contribution in [0.3, 0.4) is 0 Å². The fraction of sp³-hybridized carbons (Fsp3) is 0.596. The van der Waals surface area contributed by atoms with Crippen LogP contribution in [0.2, 0.25) is 0 Å². The number of hydrogen-bond acceptors (Lipinski definition) is 12. The molecule has 0 radical (unpaired) electrons. The minimum Gasteiger partial charge on any atom is -0.504 e. The predicted octanol–water partition coefficient (Wildman–Crippen LogP) is 2.72. The Morgan fingerprint density at radius 2 is 1.28 bits per heavy atom. The number of benzene rings is 2. The highest BCUT2D eigenvalue weighted by atomic mass is 16.5. The van der Waals surface area contributed by atoms with Crippen molar-refractivity contribution in [1.82, 2.24) is 42.5 Å². The molecule has 3 aliphatic rings. The van der Waals surface area contributed by atoms with E-state index in [0.717, 1.165) is 0 Å². The number of ether oxygens (including phenoxy) is 2. The molecule has 2 aromatic carbocycles. The van der Waals surface area contributed by atoms with Gasteiger partial charge in [-0.15, -0.1) is 0 Å². The lowest BCUT2D eigenvalue weighted by Crippen LogP contribution is -2.63. The van der Waals surface area contributed by atoms with Gasteiger partial charge in [0.2, 0.25) is 47.3 Å². The van der Waals surface area contributed by atoms with Crippen LogP contribution in [0.4, 0.5) is 0 Å². The average Bonchev–Trinajstić information content (AvgIpc) is 3.31. The fourth-order valence-electron chi connectivity index (χ4n) is 8.28. The third-order valence-corrected chi connectivity index (χ3v) is 12.5. The van der Waals surface area contributed by atoms with Crippen LogP contribution >= 0.6 is 0 Å². The molecular weight excluding hydrogens is 929 g/mol. The van der Waals surface area contributed by atoms with Gasteiger partial charge in [0.05, 0.1) is 0 Å². The number of phenolic OH excluding ortho intramolecular Hbond substituents is 1. The molecule has 72 heavy (non-hydrogen) atoms. The Hall–Kier alpha value is -6.73. The Morgan fingerprint density at radius 1 is 0.681 bits per heavy atom. The van der Waals surface area contributed by atoms with E-state index >= 15 is 0 Å². The first-order valence-corrected chi connectivity index (χ1v) is 25.1. The zero-order valence-corrected chi connectivity index (χ0v) is 43.4. The normalized spacial score (nSPS) is 23.8. The standard InChI is InChI=1S/C52H76N8O12/c1-12-29(9)43-50(68)58-39-24-33-16-19-40(61)41(25-33)72-34-17-14-32(15-18-34)23-38(55-45(63)30(10)53-46(64)35(20-26(3)4)54-42(62)13-2)49(67)60-44(31(11)71-52(39)70)51(69)57-36(21-27(5)6)47(65)56-37(22-28(7)8)48(66)59-43/h14-19,25-31,35-39,43-44,61H,12-13,20-24H2,1-11H3,(H,53,64)(H,54,62)(H,55,63)(H,56,65)(H,57,69)(H,58,68)(H,59,66)(H,60,67)/t29-,30+,31+,35-,36+,37-,38+,39-,43-,44-/m0/s1. The van der Waals surface area contributed by atoms with Gasteiger partial charge in [-0.05, 0) is 92.2 Å². The maximum Gasteiger partial charge on any atom is 0.329 e. The van der Waals surface area contributed by atoms with Gasteiger partial charge in [0.1, 0.15) is 60.2 Å². The fourth-order valence-corrected chi connectivity index (χ4v) is 8.28. The number of aromatic hydroxyl groups is 1. The molecule has 3 aliphatic heterocycles. The van der Waals surface area contributed by atoms with E-state index in [1.54, 1.807) is 38.1 Å². The van der Waals surface area contributed by atoms with Gasteiger partial charge < -0.3 is 57.1 Å². The van der Waals surface area contributed by atoms with Crippen LogP contribution in [0.25, 0.3) is 0 Å². The van der Waals surface area contributed by atoms with Crippen molar-refractivity contribution in [3.63, 3.8) is 0 Å². The van der Waals surface area contributed by atoms with E-state index in [1.165, 1.54) is 32.0 Å². The molecule has 3 heterocycles. The van der Waals surface area contributed by atoms with Gasteiger partial charge in [-0.2, -0.15) is 0 Å². The minimum atomic E-state index is -1.73. The van der Waals surface area contributed by atoms with E-state index in [1.807, 2.05) is 48.5 Å². The summed E-state index contributed by atoms with van der Waals surface area (Å²) in [5, 5.41) is 32.6. The lowest BCUT2D eigenvalue weighted by molar-refractivity contribution is -0.156. The molecule has 8 amide bonds. The third kappa shape index (κ3) is 17.0. The number of carbonyl (C=O) groups excluding carboxylic acids is 9. The summed E-state index contributed by atoms with van der Waals surface area (Å²) >= 11 is 0. The van der Waals surface area contributed by atoms with Crippen molar-refractivity contribution in [3.05, 3.63) is 53.6 Å². The highest BCUT2D eigenvalue weighted by Crippen LogP contribution is 2.32. The van der Waals surface area contributed by atoms with Gasteiger partial charge >= 0.3 is 5.97 Å². The average molecular weight is 1010 g/mol. The van der Waals surface area contributed by atoms with Gasteiger partial charge in [-0.3, -0.25) is 38.4 Å². The Balaban J connectivity index is 1.88. The highest BCUT2D eigenvalue weighted by Gasteiger charge is 2.40. The topological polar surface area (TPSA) is 289 Å². The molecule has 1 saturated heterocycles. The quantitative estimate of drug-likeness (QED) is 0.124. The number of phenols is 1. The number of esters is 1. The number of carbonyl (C=O) groups is 9. The summed E-state index contributed by atoms with van der Waals surface area (Å²) in [6.45, 7) is 19.1. The molecule has 0 saturated carbocycles. The minimum absolute atomic E-state index is 0.00348. The van der Waals surface area contributed by atoms with E-state index in [-0.39, 0.29) is 79.4 Å². The van der Waals surface area contributed by atoms with Gasteiger partial charge in [-0.1, -0.05) is 86.9 Å². The number of hydrogen-bond donors (Lipinski definition) is 9. The third-order valence-electron chi connectivity index (χ3n) is 12.5. The zero-order chi connectivity index (χ0) is 53.6. The lowest BCUT2D eigenvalue weighted by atomic mass is 9.95. The van der Waals surface area contributed by atoms with Gasteiger partial charge in [0.15, 0.2) is 11.5 Å². The molecule has 6 bridgehead atoms. The zero-order valence-electron chi connectivity index (χ0n) is 43.4. The van der Waals surface area contributed by atoms with Crippen molar-refractivity contribution >= 4 is 53.2 Å². The number of rotatable bonds is 14. The molecule has 9 N–H and O–H groups in total. The van der Waals surface area contributed by atoms with Crippen molar-refractivity contribution in [2.24, 2.45) is 23.7 Å². The molecule has 20 nitrogen and oxygen atoms in total. The Morgan fingerprint density at radius 3 is 1.86 bits per heavy atom. The molecule has 0 spiro atoms. The summed E-state index contributed by atoms with van der Waals surface area (Å²) in [5.41, 5.74) is 0.917. The molecule has 1 fully saturated rings. The maximum absolute atomic E-state index is 14.7. The summed E-state index contributed by atoms with van der Waals surface area (Å²) in [6.07, 6.45) is -0.824. The van der Waals surface area contributed by atoms with Crippen LogP contribution in [-0.4, -0.2) is 113 Å². The maximum atomic E-state index is 14.7. The van der Waals surface area contributed by atoms with Gasteiger partial charge in [0.25, 0.3) is 0 Å². The van der Waals surface area contributed by atoms with E-state index in [0.29, 0.717) is 17.5 Å². The van der Waals surface area contributed by atoms with Crippen LogP contribution in [0.5, 0.6) is 17.2 Å². The van der Waals surface area contributed by atoms with Gasteiger partial charge in [0, 0.05) is 19.3 Å². The molecule has 20 heteroatoms. The largest absolute Gasteiger partial charge is 0.504 e. The molecule has 10 atom stereocenters. The number of fused-ring (bicyclic) bond motifs is 5. The van der Waals surface area contributed by atoms with E-state index in [4.69, 9.17) is 9.47 Å². The van der Waals surface area contributed by atoms with Crippen LogP contribution < -0.4 is 47.3 Å². The van der Waals surface area contributed by atoms with E-state index in [2.05, 4.69) is 42.5 Å². The lowest BCUT2D eigenvalue weighted by Gasteiger charge is -2.32. The molecule has 5 rings (SSSR count). The first kappa shape index (κ1) is 57.8. The van der Waals surface area contributed by atoms with Crippen LogP contribution in [0, 0.1) is 23.7 Å². The first-order valence-electron chi connectivity index (χ1n) is 25.1. The van der Waals surface area contributed by atoms with E-state index < -0.39 is 108 Å². The van der Waals surface area contributed by atoms with Gasteiger partial charge in [-0.25, -0.2) is 4.79 Å². The second-order valence-electron chi connectivity index (χ2n) is 20.3. The summed E-state index contributed by atoms with van der Waals surface area (Å²) in [4.78, 5) is 126. The van der Waals surface area contributed by atoms with Crippen molar-refractivity contribution in [1.29, 1.82) is 0 Å². The highest BCUT2D eigenvalue weighted by molar-refractivity contribution is 5.98.